The highest BCUT2D eigenvalue weighted by molar-refractivity contribution is 5.78. The molecule has 6 nitrogen and oxygen atoms in total. The molecule has 1 atom stereocenters. The summed E-state index contributed by atoms with van der Waals surface area (Å²) < 4.78 is 9.83. The third-order valence-corrected chi connectivity index (χ3v) is 2.24. The normalized spacial score (nSPS) is 22.2. The highest BCUT2D eigenvalue weighted by Crippen LogP contribution is 2.07. The zero-order chi connectivity index (χ0) is 11.3. The predicted octanol–water partition coefficient (Wildman–Crippen LogP) is -0.808. The largest absolute Gasteiger partial charge is 0.481 e. The molecule has 1 heterocycles. The summed E-state index contributed by atoms with van der Waals surface area (Å²) >= 11 is 0. The molecular weight excluding hydrogens is 202 g/mol. The quantitative estimate of drug-likeness (QED) is 0.669. The molecule has 1 N–H and O–H groups in total. The highest BCUT2D eigenvalue weighted by atomic mass is 16.5. The summed E-state index contributed by atoms with van der Waals surface area (Å²) in [6.45, 7) is 1.13. The predicted molar refractivity (Wildman–Crippen MR) is 50.4 cm³/mol. The van der Waals surface area contributed by atoms with Gasteiger partial charge in [0.15, 0.2) is 0 Å². The average molecular weight is 217 g/mol. The first-order valence-electron chi connectivity index (χ1n) is 4.72. The first kappa shape index (κ1) is 11.9. The van der Waals surface area contributed by atoms with Crippen molar-refractivity contribution in [2.75, 3.05) is 40.0 Å². The molecule has 15 heavy (non-hydrogen) atoms. The van der Waals surface area contributed by atoms with Gasteiger partial charge in [0.2, 0.25) is 5.91 Å². The Morgan fingerprint density at radius 3 is 2.93 bits per heavy atom. The molecule has 1 fully saturated rings. The van der Waals surface area contributed by atoms with Gasteiger partial charge >= 0.3 is 5.97 Å². The van der Waals surface area contributed by atoms with E-state index < -0.39 is 11.9 Å². The molecule has 0 aromatic heterocycles. The van der Waals surface area contributed by atoms with Crippen LogP contribution in [0.3, 0.4) is 0 Å². The Balaban J connectivity index is 2.56. The number of hydrogen-bond donors (Lipinski definition) is 1. The standard InChI is InChI=1S/C9H15NO5/c1-14-6-8(11)10-2-3-15-5-7(4-10)9(12)13/h7H,2-6H2,1H3,(H,12,13)/t7-/m0/s1. The fourth-order valence-corrected chi connectivity index (χ4v) is 1.40. The van der Waals surface area contributed by atoms with Gasteiger partial charge in [0, 0.05) is 20.2 Å². The number of hydrogen-bond acceptors (Lipinski definition) is 4. The maximum absolute atomic E-state index is 11.5. The van der Waals surface area contributed by atoms with Crippen LogP contribution in [-0.4, -0.2) is 61.9 Å². The Morgan fingerprint density at radius 1 is 1.60 bits per heavy atom. The lowest BCUT2D eigenvalue weighted by Gasteiger charge is -2.21. The molecule has 0 saturated carbocycles. The van der Waals surface area contributed by atoms with Crippen molar-refractivity contribution in [1.82, 2.24) is 4.90 Å². The summed E-state index contributed by atoms with van der Waals surface area (Å²) in [5, 5.41) is 8.84. The average Bonchev–Trinajstić information content (AvgIpc) is 2.43. The van der Waals surface area contributed by atoms with Crippen molar-refractivity contribution in [2.45, 2.75) is 0 Å². The van der Waals surface area contributed by atoms with Crippen molar-refractivity contribution in [1.29, 1.82) is 0 Å². The molecule has 0 bridgehead atoms. The van der Waals surface area contributed by atoms with Crippen LogP contribution >= 0.6 is 0 Å². The van der Waals surface area contributed by atoms with Crippen LogP contribution in [0.2, 0.25) is 0 Å². The number of carboxylic acid groups (broad SMARTS) is 1. The van der Waals surface area contributed by atoms with Crippen molar-refractivity contribution in [3.05, 3.63) is 0 Å². The van der Waals surface area contributed by atoms with Crippen LogP contribution in [-0.2, 0) is 19.1 Å². The SMILES string of the molecule is COCC(=O)N1CCOC[C@@H](C(=O)O)C1. The fraction of sp³-hybridized carbons (Fsp3) is 0.778. The maximum atomic E-state index is 11.5. The fourth-order valence-electron chi connectivity index (χ4n) is 1.40. The van der Waals surface area contributed by atoms with Gasteiger partial charge in [0.25, 0.3) is 0 Å². The Hall–Kier alpha value is -1.14. The summed E-state index contributed by atoms with van der Waals surface area (Å²) in [7, 11) is 1.43. The molecule has 0 aromatic rings. The molecule has 1 amide bonds. The Labute approximate surface area is 87.8 Å². The van der Waals surface area contributed by atoms with E-state index in [0.717, 1.165) is 0 Å². The van der Waals surface area contributed by atoms with Gasteiger partial charge in [0.05, 0.1) is 19.1 Å². The van der Waals surface area contributed by atoms with E-state index >= 15 is 0 Å². The Bertz CT molecular complexity index is 243. The smallest absolute Gasteiger partial charge is 0.310 e. The molecule has 1 rings (SSSR count). The van der Waals surface area contributed by atoms with Crippen molar-refractivity contribution in [3.63, 3.8) is 0 Å². The molecule has 0 radical (unpaired) electrons. The summed E-state index contributed by atoms with van der Waals surface area (Å²) in [4.78, 5) is 23.7. The Kier molecular flexibility index (Phi) is 4.51. The third-order valence-electron chi connectivity index (χ3n) is 2.24. The molecule has 1 saturated heterocycles. The van der Waals surface area contributed by atoms with Crippen LogP contribution in [0.5, 0.6) is 0 Å². The number of nitrogens with zero attached hydrogens (tertiary/aromatic N) is 1. The number of carbonyl (C=O) groups is 2. The van der Waals surface area contributed by atoms with Gasteiger partial charge in [-0.05, 0) is 0 Å². The van der Waals surface area contributed by atoms with Crippen molar-refractivity contribution >= 4 is 11.9 Å². The summed E-state index contributed by atoms with van der Waals surface area (Å²) in [6, 6.07) is 0. The van der Waals surface area contributed by atoms with Gasteiger partial charge in [-0.15, -0.1) is 0 Å². The minimum absolute atomic E-state index is 0.0215. The van der Waals surface area contributed by atoms with E-state index in [1.807, 2.05) is 0 Å². The van der Waals surface area contributed by atoms with Crippen LogP contribution in [0.1, 0.15) is 0 Å². The van der Waals surface area contributed by atoms with Gasteiger partial charge in [-0.1, -0.05) is 0 Å². The van der Waals surface area contributed by atoms with Crippen molar-refractivity contribution < 1.29 is 24.2 Å². The van der Waals surface area contributed by atoms with Crippen LogP contribution in [0.25, 0.3) is 0 Å². The van der Waals surface area contributed by atoms with Crippen molar-refractivity contribution in [2.24, 2.45) is 5.92 Å². The van der Waals surface area contributed by atoms with Gasteiger partial charge in [-0.3, -0.25) is 9.59 Å². The van der Waals surface area contributed by atoms with E-state index in [1.165, 1.54) is 12.0 Å². The second-order valence-electron chi connectivity index (χ2n) is 3.38. The lowest BCUT2D eigenvalue weighted by Crippen LogP contribution is -2.39. The third kappa shape index (κ3) is 3.49. The number of amides is 1. The molecule has 1 aliphatic rings. The van der Waals surface area contributed by atoms with E-state index in [1.54, 1.807) is 0 Å². The Morgan fingerprint density at radius 2 is 2.33 bits per heavy atom. The second kappa shape index (κ2) is 5.67. The summed E-state index contributed by atoms with van der Waals surface area (Å²) in [6.07, 6.45) is 0. The van der Waals surface area contributed by atoms with E-state index in [0.29, 0.717) is 13.2 Å². The molecule has 86 valence electrons. The maximum Gasteiger partial charge on any atom is 0.310 e. The number of methoxy groups -OCH3 is 1. The monoisotopic (exact) mass is 217 g/mol. The topological polar surface area (TPSA) is 76.1 Å². The summed E-state index contributed by atoms with van der Waals surface area (Å²) in [5.74, 6) is -1.78. The van der Waals surface area contributed by atoms with E-state index in [-0.39, 0.29) is 25.7 Å². The van der Waals surface area contributed by atoms with Gasteiger partial charge in [-0.25, -0.2) is 0 Å². The van der Waals surface area contributed by atoms with Crippen LogP contribution < -0.4 is 0 Å². The second-order valence-corrected chi connectivity index (χ2v) is 3.38. The number of carbonyl (C=O) groups excluding carboxylic acids is 1. The zero-order valence-corrected chi connectivity index (χ0v) is 8.64. The van der Waals surface area contributed by atoms with E-state index in [4.69, 9.17) is 14.6 Å². The minimum Gasteiger partial charge on any atom is -0.481 e. The van der Waals surface area contributed by atoms with Crippen LogP contribution in [0.15, 0.2) is 0 Å². The van der Waals surface area contributed by atoms with Gasteiger partial charge in [0.1, 0.15) is 6.61 Å². The number of ether oxygens (including phenoxy) is 2. The summed E-state index contributed by atoms with van der Waals surface area (Å²) in [5.41, 5.74) is 0. The molecular formula is C9H15NO5. The molecule has 0 aromatic carbocycles. The molecule has 6 heteroatoms. The number of rotatable bonds is 3. The molecule has 1 aliphatic heterocycles. The minimum atomic E-state index is -0.938. The lowest BCUT2D eigenvalue weighted by atomic mass is 10.1. The number of aliphatic carboxylic acids is 1. The first-order valence-corrected chi connectivity index (χ1v) is 4.72. The van der Waals surface area contributed by atoms with Crippen LogP contribution in [0.4, 0.5) is 0 Å². The van der Waals surface area contributed by atoms with Gasteiger partial charge < -0.3 is 19.5 Å². The van der Waals surface area contributed by atoms with E-state index in [9.17, 15) is 9.59 Å². The van der Waals surface area contributed by atoms with E-state index in [2.05, 4.69) is 0 Å². The van der Waals surface area contributed by atoms with Gasteiger partial charge in [-0.2, -0.15) is 0 Å². The van der Waals surface area contributed by atoms with Crippen LogP contribution in [0, 0.1) is 5.92 Å². The zero-order valence-electron chi connectivity index (χ0n) is 8.64. The first-order chi connectivity index (χ1) is 7.15. The molecule has 0 unspecified atom stereocenters. The van der Waals surface area contributed by atoms with Crippen molar-refractivity contribution in [3.8, 4) is 0 Å². The molecule has 0 spiro atoms. The molecule has 0 aliphatic carbocycles. The highest BCUT2D eigenvalue weighted by Gasteiger charge is 2.26. The lowest BCUT2D eigenvalue weighted by molar-refractivity contribution is -0.144. The number of carboxylic acids is 1.